The first-order valence-electron chi connectivity index (χ1n) is 5.63. The lowest BCUT2D eigenvalue weighted by atomic mass is 10.3. The van der Waals surface area contributed by atoms with Gasteiger partial charge in [0.05, 0.1) is 5.56 Å². The molecule has 0 saturated carbocycles. The van der Waals surface area contributed by atoms with Gasteiger partial charge in [0.2, 0.25) is 0 Å². The van der Waals surface area contributed by atoms with Crippen LogP contribution in [0.2, 0.25) is 0 Å². The zero-order valence-electron chi connectivity index (χ0n) is 10.8. The number of hydrogen-bond acceptors (Lipinski definition) is 2. The Morgan fingerprint density at radius 3 is 2.31 bits per heavy atom. The molecule has 0 aliphatic carbocycles. The second kappa shape index (κ2) is 12.2. The number of halogens is 1. The van der Waals surface area contributed by atoms with Gasteiger partial charge in [0.25, 0.3) is 5.91 Å². The molecule has 0 saturated heterocycles. The van der Waals surface area contributed by atoms with E-state index < -0.39 is 6.67 Å². The van der Waals surface area contributed by atoms with E-state index in [0.717, 1.165) is 4.88 Å². The Balaban J connectivity index is 0. The summed E-state index contributed by atoms with van der Waals surface area (Å²) in [5, 5.41) is 4.22. The smallest absolute Gasteiger partial charge is 0.252 e. The van der Waals surface area contributed by atoms with Gasteiger partial charge in [0, 0.05) is 16.8 Å². The number of carbonyl (C=O) groups is 1. The van der Waals surface area contributed by atoms with Gasteiger partial charge in [0.15, 0.2) is 0 Å². The van der Waals surface area contributed by atoms with Gasteiger partial charge in [-0.2, -0.15) is 0 Å². The number of aryl methyl sites for hydroxylation is 1. The number of alkyl halides is 1. The van der Waals surface area contributed by atoms with Gasteiger partial charge in [0.1, 0.15) is 6.67 Å². The Hall–Kier alpha value is -0.900. The Labute approximate surface area is 102 Å². The van der Waals surface area contributed by atoms with E-state index in [4.69, 9.17) is 0 Å². The van der Waals surface area contributed by atoms with Crippen molar-refractivity contribution in [1.29, 1.82) is 0 Å². The summed E-state index contributed by atoms with van der Waals surface area (Å²) in [4.78, 5) is 12.2. The number of amides is 1. The molecule has 0 aliphatic rings. The molecule has 1 aromatic rings. The van der Waals surface area contributed by atoms with Gasteiger partial charge in [-0.3, -0.25) is 4.79 Å². The molecule has 2 nitrogen and oxygen atoms in total. The number of hydrogen-bond donors (Lipinski definition) is 1. The first-order chi connectivity index (χ1) is 7.74. The van der Waals surface area contributed by atoms with E-state index in [1.54, 1.807) is 11.4 Å². The number of rotatable bonds is 3. The second-order valence-electron chi connectivity index (χ2n) is 2.39. The summed E-state index contributed by atoms with van der Waals surface area (Å²) >= 11 is 1.51. The van der Waals surface area contributed by atoms with Crippen molar-refractivity contribution in [3.63, 3.8) is 0 Å². The van der Waals surface area contributed by atoms with E-state index in [2.05, 4.69) is 5.32 Å². The summed E-state index contributed by atoms with van der Waals surface area (Å²) in [5.74, 6) is -0.197. The Kier molecular flexibility index (Phi) is 13.3. The molecule has 0 fully saturated rings. The fourth-order valence-electron chi connectivity index (χ4n) is 0.825. The van der Waals surface area contributed by atoms with E-state index in [9.17, 15) is 9.18 Å². The minimum Gasteiger partial charge on any atom is -0.349 e. The van der Waals surface area contributed by atoms with Crippen LogP contribution in [0.5, 0.6) is 0 Å². The molecule has 0 radical (unpaired) electrons. The Morgan fingerprint density at radius 1 is 1.38 bits per heavy atom. The largest absolute Gasteiger partial charge is 0.349 e. The molecule has 94 valence electrons. The number of thiophene rings is 1. The highest BCUT2D eigenvalue weighted by molar-refractivity contribution is 7.10. The van der Waals surface area contributed by atoms with E-state index in [0.29, 0.717) is 5.56 Å². The quantitative estimate of drug-likeness (QED) is 0.864. The van der Waals surface area contributed by atoms with Crippen molar-refractivity contribution in [3.8, 4) is 0 Å². The molecule has 16 heavy (non-hydrogen) atoms. The van der Waals surface area contributed by atoms with Crippen LogP contribution in [0.4, 0.5) is 4.39 Å². The van der Waals surface area contributed by atoms with Gasteiger partial charge >= 0.3 is 0 Å². The molecule has 0 atom stereocenters. The normalized spacial score (nSPS) is 8.12. The fourth-order valence-corrected chi connectivity index (χ4v) is 1.51. The van der Waals surface area contributed by atoms with Crippen LogP contribution in [0.25, 0.3) is 0 Å². The minimum absolute atomic E-state index is 0.0910. The third kappa shape index (κ3) is 7.40. The molecule has 1 aromatic heterocycles. The molecule has 0 unspecified atom stereocenters. The molecule has 0 spiro atoms. The van der Waals surface area contributed by atoms with E-state index in [1.165, 1.54) is 11.3 Å². The van der Waals surface area contributed by atoms with Gasteiger partial charge in [-0.15, -0.1) is 11.3 Å². The summed E-state index contributed by atoms with van der Waals surface area (Å²) in [6.45, 7) is 9.50. The van der Waals surface area contributed by atoms with Crippen molar-refractivity contribution in [2.45, 2.75) is 34.6 Å². The van der Waals surface area contributed by atoms with Crippen LogP contribution in [0.3, 0.4) is 0 Å². The highest BCUT2D eigenvalue weighted by Gasteiger charge is 2.05. The number of carbonyl (C=O) groups excluding carboxylic acids is 1. The minimum atomic E-state index is -0.519. The van der Waals surface area contributed by atoms with E-state index in [-0.39, 0.29) is 12.5 Å². The number of nitrogens with one attached hydrogen (secondary N) is 1. The Bertz CT molecular complexity index is 274. The predicted molar refractivity (Wildman–Crippen MR) is 70.1 cm³/mol. The zero-order valence-corrected chi connectivity index (χ0v) is 11.6. The van der Waals surface area contributed by atoms with Crippen molar-refractivity contribution in [1.82, 2.24) is 5.32 Å². The van der Waals surface area contributed by atoms with Crippen LogP contribution in [0.15, 0.2) is 11.4 Å². The first kappa shape index (κ1) is 17.5. The van der Waals surface area contributed by atoms with Gasteiger partial charge in [-0.25, -0.2) is 4.39 Å². The highest BCUT2D eigenvalue weighted by atomic mass is 32.1. The maximum atomic E-state index is 11.7. The summed E-state index contributed by atoms with van der Waals surface area (Å²) in [6.07, 6.45) is 0. The summed E-state index contributed by atoms with van der Waals surface area (Å²) < 4.78 is 11.7. The summed E-state index contributed by atoms with van der Waals surface area (Å²) in [7, 11) is 0. The topological polar surface area (TPSA) is 29.1 Å². The van der Waals surface area contributed by atoms with Crippen LogP contribution >= 0.6 is 11.3 Å². The highest BCUT2D eigenvalue weighted by Crippen LogP contribution is 2.12. The molecule has 1 N–H and O–H groups in total. The standard InChI is InChI=1S/C8H10FNOS.2C2H6/c1-6-4-7(5-12-6)8(11)10-3-2-9;2*1-2/h4-5H,2-3H2,1H3,(H,10,11);2*1-2H3. The van der Waals surface area contributed by atoms with Gasteiger partial charge in [-0.1, -0.05) is 27.7 Å². The zero-order chi connectivity index (χ0) is 13.0. The summed E-state index contributed by atoms with van der Waals surface area (Å²) in [5.41, 5.74) is 0.617. The lowest BCUT2D eigenvalue weighted by Gasteiger charge is -1.98. The molecule has 4 heteroatoms. The van der Waals surface area contributed by atoms with Crippen LogP contribution in [-0.4, -0.2) is 19.1 Å². The molecule has 0 bridgehead atoms. The molecule has 1 heterocycles. The van der Waals surface area contributed by atoms with Gasteiger partial charge in [-0.05, 0) is 13.0 Å². The average Bonchev–Trinajstić information content (AvgIpc) is 2.78. The van der Waals surface area contributed by atoms with Crippen LogP contribution < -0.4 is 5.32 Å². The predicted octanol–water partition coefficient (Wildman–Crippen LogP) is 3.81. The molecular formula is C12H22FNOS. The van der Waals surface area contributed by atoms with Crippen molar-refractivity contribution < 1.29 is 9.18 Å². The molecular weight excluding hydrogens is 225 g/mol. The average molecular weight is 247 g/mol. The first-order valence-corrected chi connectivity index (χ1v) is 6.51. The third-order valence-electron chi connectivity index (χ3n) is 1.37. The summed E-state index contributed by atoms with van der Waals surface area (Å²) in [6, 6.07) is 1.79. The van der Waals surface area contributed by atoms with E-state index >= 15 is 0 Å². The van der Waals surface area contributed by atoms with Gasteiger partial charge < -0.3 is 5.32 Å². The SMILES string of the molecule is CC.CC.Cc1cc(C(=O)NCCF)cs1. The van der Waals surface area contributed by atoms with Crippen molar-refractivity contribution in [3.05, 3.63) is 21.9 Å². The molecule has 1 amide bonds. The lowest BCUT2D eigenvalue weighted by Crippen LogP contribution is -2.24. The second-order valence-corrected chi connectivity index (χ2v) is 3.51. The van der Waals surface area contributed by atoms with Crippen LogP contribution in [-0.2, 0) is 0 Å². The van der Waals surface area contributed by atoms with Crippen molar-refractivity contribution in [2.75, 3.05) is 13.2 Å². The Morgan fingerprint density at radius 2 is 1.94 bits per heavy atom. The molecule has 0 aromatic carbocycles. The fraction of sp³-hybridized carbons (Fsp3) is 0.583. The van der Waals surface area contributed by atoms with E-state index in [1.807, 2.05) is 34.6 Å². The third-order valence-corrected chi connectivity index (χ3v) is 2.23. The monoisotopic (exact) mass is 247 g/mol. The maximum absolute atomic E-state index is 11.7. The van der Waals surface area contributed by atoms with Crippen LogP contribution in [0.1, 0.15) is 42.9 Å². The lowest BCUT2D eigenvalue weighted by molar-refractivity contribution is 0.0951. The molecule has 0 aliphatic heterocycles. The van der Waals surface area contributed by atoms with Crippen LogP contribution in [0, 0.1) is 6.92 Å². The van der Waals surface area contributed by atoms with Crippen molar-refractivity contribution >= 4 is 17.2 Å². The molecule has 1 rings (SSSR count). The van der Waals surface area contributed by atoms with Crippen molar-refractivity contribution in [2.24, 2.45) is 0 Å². The maximum Gasteiger partial charge on any atom is 0.252 e.